The van der Waals surface area contributed by atoms with Crippen LogP contribution >= 0.6 is 0 Å². The first-order valence-electron chi connectivity index (χ1n) is 13.3. The molecule has 0 radical (unpaired) electrons. The van der Waals surface area contributed by atoms with Gasteiger partial charge in [-0.25, -0.2) is 0 Å². The Morgan fingerprint density at radius 1 is 0.788 bits per heavy atom. The summed E-state index contributed by atoms with van der Waals surface area (Å²) in [7, 11) is 0. The standard InChI is InChI=1S/C31H37NO/c1-4-13-24(14-5-1)23-26-17-12-18-27-29(25-15-6-2-7-16-25)28-19-8-9-20-31(28,33-30(26)27)32-21-10-3-11-22-32/h1-2,4-7,13-16,23,28-29H,3,8-12,17-22H2/b26-23+. The maximum Gasteiger partial charge on any atom is 0.167 e. The number of hydrogen-bond acceptors (Lipinski definition) is 2. The van der Waals surface area contributed by atoms with Crippen molar-refractivity contribution in [2.45, 2.75) is 75.9 Å². The minimum absolute atomic E-state index is 0.134. The van der Waals surface area contributed by atoms with Crippen LogP contribution in [0.25, 0.3) is 6.08 Å². The van der Waals surface area contributed by atoms with Gasteiger partial charge in [-0.1, -0.05) is 73.5 Å². The minimum atomic E-state index is -0.134. The highest BCUT2D eigenvalue weighted by Crippen LogP contribution is 2.57. The molecular weight excluding hydrogens is 402 g/mol. The zero-order chi connectivity index (χ0) is 22.1. The zero-order valence-electron chi connectivity index (χ0n) is 19.8. The quantitative estimate of drug-likeness (QED) is 0.486. The summed E-state index contributed by atoms with van der Waals surface area (Å²) in [5.74, 6) is 2.29. The molecule has 2 aliphatic carbocycles. The van der Waals surface area contributed by atoms with Crippen molar-refractivity contribution in [1.29, 1.82) is 0 Å². The van der Waals surface area contributed by atoms with E-state index >= 15 is 0 Å². The fourth-order valence-electron chi connectivity index (χ4n) is 7.17. The summed E-state index contributed by atoms with van der Waals surface area (Å²) in [6, 6.07) is 22.2. The molecule has 1 saturated heterocycles. The fourth-order valence-corrected chi connectivity index (χ4v) is 7.17. The lowest BCUT2D eigenvalue weighted by molar-refractivity contribution is -0.202. The third-order valence-corrected chi connectivity index (χ3v) is 8.60. The topological polar surface area (TPSA) is 12.5 Å². The van der Waals surface area contributed by atoms with E-state index in [-0.39, 0.29) is 5.72 Å². The Labute approximate surface area is 199 Å². The van der Waals surface area contributed by atoms with E-state index in [1.807, 2.05) is 0 Å². The zero-order valence-corrected chi connectivity index (χ0v) is 19.8. The number of hydrogen-bond donors (Lipinski definition) is 0. The highest BCUT2D eigenvalue weighted by molar-refractivity contribution is 5.60. The van der Waals surface area contributed by atoms with Crippen LogP contribution in [0.1, 0.15) is 81.3 Å². The second-order valence-corrected chi connectivity index (χ2v) is 10.5. The normalized spacial score (nSPS) is 31.6. The first-order valence-corrected chi connectivity index (χ1v) is 13.3. The number of fused-ring (bicyclic) bond motifs is 1. The Bertz CT molecular complexity index is 1020. The molecule has 172 valence electrons. The van der Waals surface area contributed by atoms with Crippen LogP contribution in [0.3, 0.4) is 0 Å². The number of nitrogens with zero attached hydrogens (tertiary/aromatic N) is 1. The van der Waals surface area contributed by atoms with Crippen LogP contribution in [0.4, 0.5) is 0 Å². The van der Waals surface area contributed by atoms with Gasteiger partial charge in [-0.3, -0.25) is 4.90 Å². The molecule has 4 aliphatic rings. The van der Waals surface area contributed by atoms with Gasteiger partial charge in [0, 0.05) is 31.3 Å². The molecule has 0 N–H and O–H groups in total. The number of piperidine rings is 1. The molecule has 2 fully saturated rings. The Balaban J connectivity index is 1.51. The Morgan fingerprint density at radius 3 is 2.33 bits per heavy atom. The summed E-state index contributed by atoms with van der Waals surface area (Å²) in [5, 5.41) is 0. The average molecular weight is 440 g/mol. The van der Waals surface area contributed by atoms with Crippen LogP contribution in [0.15, 0.2) is 77.6 Å². The summed E-state index contributed by atoms with van der Waals surface area (Å²) < 4.78 is 7.40. The molecule has 3 unspecified atom stereocenters. The first-order chi connectivity index (χ1) is 16.4. The van der Waals surface area contributed by atoms with E-state index in [4.69, 9.17) is 4.74 Å². The highest BCUT2D eigenvalue weighted by atomic mass is 16.5. The lowest BCUT2D eigenvalue weighted by atomic mass is 9.64. The number of rotatable bonds is 3. The van der Waals surface area contributed by atoms with Gasteiger partial charge < -0.3 is 4.74 Å². The van der Waals surface area contributed by atoms with Gasteiger partial charge in [0.15, 0.2) is 5.72 Å². The van der Waals surface area contributed by atoms with Crippen molar-refractivity contribution >= 4 is 6.08 Å². The fraction of sp³-hybridized carbons (Fsp3) is 0.484. The SMILES string of the molecule is C(=C1/CCCC2=C1OC1(N3CCCCC3)CCCCC1C2c1ccccc1)/c1ccccc1. The van der Waals surface area contributed by atoms with Crippen LogP contribution in [0, 0.1) is 5.92 Å². The van der Waals surface area contributed by atoms with Crippen LogP contribution in [0.5, 0.6) is 0 Å². The molecule has 3 atom stereocenters. The van der Waals surface area contributed by atoms with Gasteiger partial charge in [0.05, 0.1) is 0 Å². The number of ether oxygens (including phenoxy) is 1. The van der Waals surface area contributed by atoms with Crippen molar-refractivity contribution < 1.29 is 4.74 Å². The maximum absolute atomic E-state index is 7.40. The molecule has 0 bridgehead atoms. The molecule has 2 aromatic carbocycles. The maximum atomic E-state index is 7.40. The minimum Gasteiger partial charge on any atom is -0.472 e. The molecule has 1 saturated carbocycles. The lowest BCUT2D eigenvalue weighted by Crippen LogP contribution is -2.61. The van der Waals surface area contributed by atoms with Gasteiger partial charge >= 0.3 is 0 Å². The molecule has 2 nitrogen and oxygen atoms in total. The average Bonchev–Trinajstić information content (AvgIpc) is 2.89. The third-order valence-electron chi connectivity index (χ3n) is 8.60. The van der Waals surface area contributed by atoms with E-state index in [9.17, 15) is 0 Å². The Hall–Kier alpha value is -2.32. The smallest absolute Gasteiger partial charge is 0.167 e. The largest absolute Gasteiger partial charge is 0.472 e. The number of benzene rings is 2. The van der Waals surface area contributed by atoms with E-state index in [0.717, 1.165) is 6.42 Å². The number of likely N-dealkylation sites (tertiary alicyclic amines) is 1. The van der Waals surface area contributed by atoms with Crippen molar-refractivity contribution in [1.82, 2.24) is 4.90 Å². The first kappa shape index (κ1) is 21.2. The van der Waals surface area contributed by atoms with Crippen molar-refractivity contribution in [2.24, 2.45) is 5.92 Å². The van der Waals surface area contributed by atoms with Crippen molar-refractivity contribution in [3.05, 3.63) is 88.7 Å². The molecule has 2 aromatic rings. The third kappa shape index (κ3) is 3.87. The summed E-state index contributed by atoms with van der Waals surface area (Å²) >= 11 is 0. The predicted molar refractivity (Wildman–Crippen MR) is 136 cm³/mol. The van der Waals surface area contributed by atoms with Crippen LogP contribution < -0.4 is 0 Å². The Kier molecular flexibility index (Phi) is 5.88. The van der Waals surface area contributed by atoms with Crippen LogP contribution in [-0.4, -0.2) is 23.7 Å². The predicted octanol–water partition coefficient (Wildman–Crippen LogP) is 7.69. The van der Waals surface area contributed by atoms with E-state index in [1.54, 1.807) is 5.57 Å². The van der Waals surface area contributed by atoms with E-state index < -0.39 is 0 Å². The van der Waals surface area contributed by atoms with Crippen molar-refractivity contribution in [3.8, 4) is 0 Å². The van der Waals surface area contributed by atoms with Gasteiger partial charge in [-0.2, -0.15) is 0 Å². The summed E-state index contributed by atoms with van der Waals surface area (Å²) in [5.41, 5.74) is 5.66. The number of allylic oxidation sites excluding steroid dienone is 2. The van der Waals surface area contributed by atoms with Crippen LogP contribution in [0.2, 0.25) is 0 Å². The molecule has 33 heavy (non-hydrogen) atoms. The van der Waals surface area contributed by atoms with Crippen molar-refractivity contribution in [3.63, 3.8) is 0 Å². The second-order valence-electron chi connectivity index (χ2n) is 10.5. The molecule has 0 amide bonds. The molecule has 0 aromatic heterocycles. The molecule has 6 rings (SSSR count). The molecule has 2 heterocycles. The summed E-state index contributed by atoms with van der Waals surface area (Å²) in [4.78, 5) is 2.77. The highest BCUT2D eigenvalue weighted by Gasteiger charge is 2.55. The molecule has 2 aliphatic heterocycles. The Morgan fingerprint density at radius 2 is 1.55 bits per heavy atom. The summed E-state index contributed by atoms with van der Waals surface area (Å²) in [6.45, 7) is 2.39. The van der Waals surface area contributed by atoms with E-state index in [1.165, 1.54) is 93.3 Å². The van der Waals surface area contributed by atoms with Gasteiger partial charge in [0.25, 0.3) is 0 Å². The monoisotopic (exact) mass is 439 g/mol. The van der Waals surface area contributed by atoms with Gasteiger partial charge in [-0.15, -0.1) is 0 Å². The van der Waals surface area contributed by atoms with E-state index in [0.29, 0.717) is 11.8 Å². The van der Waals surface area contributed by atoms with Crippen molar-refractivity contribution in [2.75, 3.05) is 13.1 Å². The van der Waals surface area contributed by atoms with Gasteiger partial charge in [-0.05, 0) is 73.3 Å². The molecule has 0 spiro atoms. The molecular formula is C31H37NO. The second kappa shape index (κ2) is 9.14. The van der Waals surface area contributed by atoms with Gasteiger partial charge in [0.2, 0.25) is 0 Å². The van der Waals surface area contributed by atoms with Gasteiger partial charge in [0.1, 0.15) is 5.76 Å². The van der Waals surface area contributed by atoms with Crippen LogP contribution in [-0.2, 0) is 4.74 Å². The lowest BCUT2D eigenvalue weighted by Gasteiger charge is -2.58. The molecule has 2 heteroatoms. The summed E-state index contributed by atoms with van der Waals surface area (Å²) in [6.07, 6.45) is 15.0. The van der Waals surface area contributed by atoms with E-state index in [2.05, 4.69) is 71.6 Å².